The minimum Gasteiger partial charge on any atom is -0.276 e. The summed E-state index contributed by atoms with van der Waals surface area (Å²) < 4.78 is 3.24. The zero-order valence-corrected chi connectivity index (χ0v) is 12.7. The van der Waals surface area contributed by atoms with Crippen LogP contribution in [0.25, 0.3) is 0 Å². The summed E-state index contributed by atoms with van der Waals surface area (Å²) >= 11 is 1.56. The number of rotatable bonds is 2. The minimum atomic E-state index is -0.207. The molecule has 0 aromatic carbocycles. The molecule has 0 unspecified atom stereocenters. The lowest BCUT2D eigenvalue weighted by Gasteiger charge is -1.94. The summed E-state index contributed by atoms with van der Waals surface area (Å²) in [6.45, 7) is 0.509. The molecule has 0 radical (unpaired) electrons. The second kappa shape index (κ2) is 6.43. The molecule has 0 amide bonds. The van der Waals surface area contributed by atoms with E-state index in [0.717, 1.165) is 15.3 Å². The van der Waals surface area contributed by atoms with Crippen LogP contribution in [-0.4, -0.2) is 24.5 Å². The van der Waals surface area contributed by atoms with Crippen LogP contribution in [0, 0.1) is 11.8 Å². The molecule has 108 valence electrons. The Labute approximate surface area is 130 Å². The Morgan fingerprint density at radius 1 is 1.38 bits per heavy atom. The first-order chi connectivity index (χ1) is 9.70. The van der Waals surface area contributed by atoms with Gasteiger partial charge in [-0.2, -0.15) is 10.2 Å². The van der Waals surface area contributed by atoms with Crippen LogP contribution in [0.5, 0.6) is 0 Å². The van der Waals surface area contributed by atoms with Gasteiger partial charge in [-0.25, -0.2) is 9.89 Å². The third-order valence-corrected chi connectivity index (χ3v) is 3.63. The van der Waals surface area contributed by atoms with E-state index in [-0.39, 0.29) is 18.1 Å². The quantitative estimate of drug-likeness (QED) is 0.722. The highest BCUT2D eigenvalue weighted by Gasteiger charge is 2.02. The van der Waals surface area contributed by atoms with Gasteiger partial charge in [-0.15, -0.1) is 23.7 Å². The summed E-state index contributed by atoms with van der Waals surface area (Å²) in [5, 5.41) is 10.1. The molecule has 6 nitrogen and oxygen atoms in total. The SMILES string of the molecule is Cl.Cn1cc(C#Cc2ccc(Cn3cn[nH]c3=O)s2)cn1. The molecule has 3 aromatic rings. The van der Waals surface area contributed by atoms with E-state index in [4.69, 9.17) is 0 Å². The molecule has 0 aliphatic carbocycles. The molecule has 0 saturated heterocycles. The fourth-order valence-corrected chi connectivity index (χ4v) is 2.56. The maximum Gasteiger partial charge on any atom is 0.343 e. The van der Waals surface area contributed by atoms with E-state index in [0.29, 0.717) is 6.54 Å². The van der Waals surface area contributed by atoms with Crippen molar-refractivity contribution in [2.45, 2.75) is 6.54 Å². The summed E-state index contributed by atoms with van der Waals surface area (Å²) in [6.07, 6.45) is 5.09. The lowest BCUT2D eigenvalue weighted by Crippen LogP contribution is -2.16. The van der Waals surface area contributed by atoms with Crippen LogP contribution in [0.1, 0.15) is 15.3 Å². The van der Waals surface area contributed by atoms with Gasteiger partial charge < -0.3 is 0 Å². The van der Waals surface area contributed by atoms with Crippen molar-refractivity contribution >= 4 is 23.7 Å². The first-order valence-electron chi connectivity index (χ1n) is 5.90. The van der Waals surface area contributed by atoms with Crippen LogP contribution in [0.4, 0.5) is 0 Å². The van der Waals surface area contributed by atoms with E-state index in [9.17, 15) is 4.79 Å². The van der Waals surface area contributed by atoms with Crippen molar-refractivity contribution in [3.63, 3.8) is 0 Å². The van der Waals surface area contributed by atoms with Crippen molar-refractivity contribution in [3.8, 4) is 11.8 Å². The second-order valence-electron chi connectivity index (χ2n) is 4.21. The molecule has 0 aliphatic rings. The van der Waals surface area contributed by atoms with Crippen LogP contribution < -0.4 is 5.69 Å². The summed E-state index contributed by atoms with van der Waals surface area (Å²) in [5.74, 6) is 6.15. The number of nitrogens with zero attached hydrogens (tertiary/aromatic N) is 4. The third kappa shape index (κ3) is 3.62. The van der Waals surface area contributed by atoms with Gasteiger partial charge in [0.2, 0.25) is 0 Å². The van der Waals surface area contributed by atoms with Crippen molar-refractivity contribution < 1.29 is 0 Å². The molecule has 3 aromatic heterocycles. The first-order valence-corrected chi connectivity index (χ1v) is 6.71. The first kappa shape index (κ1) is 15.1. The smallest absolute Gasteiger partial charge is 0.276 e. The summed E-state index contributed by atoms with van der Waals surface area (Å²) in [7, 11) is 1.86. The fraction of sp³-hybridized carbons (Fsp3) is 0.154. The highest BCUT2D eigenvalue weighted by molar-refractivity contribution is 7.12. The minimum absolute atomic E-state index is 0. The van der Waals surface area contributed by atoms with E-state index < -0.39 is 0 Å². The van der Waals surface area contributed by atoms with Gasteiger partial charge in [0.05, 0.1) is 23.2 Å². The highest BCUT2D eigenvalue weighted by Crippen LogP contribution is 2.16. The van der Waals surface area contributed by atoms with Gasteiger partial charge in [-0.05, 0) is 12.1 Å². The molecule has 21 heavy (non-hydrogen) atoms. The summed E-state index contributed by atoms with van der Waals surface area (Å²) in [6, 6.07) is 3.92. The van der Waals surface area contributed by atoms with Crippen LogP contribution >= 0.6 is 23.7 Å². The zero-order valence-electron chi connectivity index (χ0n) is 11.1. The van der Waals surface area contributed by atoms with E-state index >= 15 is 0 Å². The molecule has 0 saturated carbocycles. The Morgan fingerprint density at radius 3 is 2.90 bits per heavy atom. The average Bonchev–Trinajstić information content (AvgIpc) is 3.12. The summed E-state index contributed by atoms with van der Waals surface area (Å²) in [5.41, 5.74) is 0.676. The van der Waals surface area contributed by atoms with Crippen molar-refractivity contribution in [3.05, 3.63) is 56.7 Å². The van der Waals surface area contributed by atoms with Gasteiger partial charge in [0.25, 0.3) is 0 Å². The Balaban J connectivity index is 0.00000161. The number of H-pyrrole nitrogens is 1. The maximum absolute atomic E-state index is 11.4. The highest BCUT2D eigenvalue weighted by atomic mass is 35.5. The van der Waals surface area contributed by atoms with Gasteiger partial charge in [-0.3, -0.25) is 9.25 Å². The maximum atomic E-state index is 11.4. The van der Waals surface area contributed by atoms with Crippen LogP contribution in [-0.2, 0) is 13.6 Å². The molecule has 0 bridgehead atoms. The topological polar surface area (TPSA) is 68.5 Å². The number of hydrogen-bond donors (Lipinski definition) is 1. The van der Waals surface area contributed by atoms with Gasteiger partial charge >= 0.3 is 5.69 Å². The Kier molecular flexibility index (Phi) is 4.62. The molecular weight excluding hydrogens is 310 g/mol. The number of aryl methyl sites for hydroxylation is 1. The summed E-state index contributed by atoms with van der Waals surface area (Å²) in [4.78, 5) is 13.4. The number of thiophene rings is 1. The third-order valence-electron chi connectivity index (χ3n) is 2.64. The molecule has 0 spiro atoms. The molecular formula is C13H12ClN5OS. The molecule has 3 heterocycles. The second-order valence-corrected chi connectivity index (χ2v) is 5.38. The largest absolute Gasteiger partial charge is 0.343 e. The number of aromatic amines is 1. The molecule has 0 fully saturated rings. The van der Waals surface area contributed by atoms with Crippen molar-refractivity contribution in [2.24, 2.45) is 7.05 Å². The Morgan fingerprint density at radius 2 is 2.24 bits per heavy atom. The van der Waals surface area contributed by atoms with E-state index in [1.54, 1.807) is 22.2 Å². The van der Waals surface area contributed by atoms with Crippen LogP contribution in [0.15, 0.2) is 35.6 Å². The lowest BCUT2D eigenvalue weighted by molar-refractivity contribution is 0.767. The molecule has 0 aliphatic heterocycles. The lowest BCUT2D eigenvalue weighted by atomic mass is 10.3. The van der Waals surface area contributed by atoms with Gasteiger partial charge in [0.15, 0.2) is 0 Å². The zero-order chi connectivity index (χ0) is 13.9. The Hall–Kier alpha value is -2.30. The number of hydrogen-bond acceptors (Lipinski definition) is 4. The van der Waals surface area contributed by atoms with Gasteiger partial charge in [0, 0.05) is 18.1 Å². The average molecular weight is 322 g/mol. The normalized spacial score (nSPS) is 9.76. The van der Waals surface area contributed by atoms with Crippen LogP contribution in [0.3, 0.4) is 0 Å². The Bertz CT molecular complexity index is 847. The van der Waals surface area contributed by atoms with Gasteiger partial charge in [0.1, 0.15) is 6.33 Å². The van der Waals surface area contributed by atoms with Gasteiger partial charge in [-0.1, -0.05) is 11.8 Å². The van der Waals surface area contributed by atoms with E-state index in [1.165, 1.54) is 10.9 Å². The number of nitrogens with one attached hydrogen (secondary N) is 1. The van der Waals surface area contributed by atoms with E-state index in [1.807, 2.05) is 25.4 Å². The standard InChI is InChI=1S/C13H11N5OS.ClH/c1-17-7-10(6-15-17)2-3-11-4-5-12(20-11)8-18-9-14-16-13(18)19;/h4-7,9H,8H2,1H3,(H,16,19);1H. The molecule has 8 heteroatoms. The predicted molar refractivity (Wildman–Crippen MR) is 82.7 cm³/mol. The monoisotopic (exact) mass is 321 g/mol. The molecule has 3 rings (SSSR count). The van der Waals surface area contributed by atoms with Crippen molar-refractivity contribution in [1.82, 2.24) is 24.5 Å². The van der Waals surface area contributed by atoms with Crippen molar-refractivity contribution in [2.75, 3.05) is 0 Å². The fourth-order valence-electron chi connectivity index (χ4n) is 1.70. The number of halogens is 1. The predicted octanol–water partition coefficient (Wildman–Crippen LogP) is 1.24. The molecule has 0 atom stereocenters. The van der Waals surface area contributed by atoms with Crippen molar-refractivity contribution in [1.29, 1.82) is 0 Å². The van der Waals surface area contributed by atoms with Crippen LogP contribution in [0.2, 0.25) is 0 Å². The molecule has 1 N–H and O–H groups in total. The van der Waals surface area contributed by atoms with E-state index in [2.05, 4.69) is 27.1 Å². The number of aromatic nitrogens is 5.